The van der Waals surface area contributed by atoms with Crippen molar-refractivity contribution in [1.29, 1.82) is 0 Å². The number of anilines is 2. The zero-order chi connectivity index (χ0) is 28.6. The lowest BCUT2D eigenvalue weighted by atomic mass is 10.1. The Morgan fingerprint density at radius 3 is 2.39 bits per heavy atom. The van der Waals surface area contributed by atoms with Crippen LogP contribution in [-0.2, 0) is 6.54 Å². The van der Waals surface area contributed by atoms with E-state index in [0.29, 0.717) is 21.3 Å². The minimum atomic E-state index is -0.501. The fraction of sp³-hybridized carbons (Fsp3) is 0.161. The molecule has 1 aliphatic rings. The molecule has 1 aromatic heterocycles. The summed E-state index contributed by atoms with van der Waals surface area (Å²) < 4.78 is 13.8. The van der Waals surface area contributed by atoms with Crippen molar-refractivity contribution in [2.24, 2.45) is 5.10 Å². The topological polar surface area (TPSA) is 89.9 Å². The quantitative estimate of drug-likeness (QED) is 0.207. The van der Waals surface area contributed by atoms with E-state index in [0.717, 1.165) is 44.1 Å². The summed E-state index contributed by atoms with van der Waals surface area (Å²) in [6.07, 6.45) is 3.23. The highest BCUT2D eigenvalue weighted by Crippen LogP contribution is 2.22. The van der Waals surface area contributed by atoms with Gasteiger partial charge in [-0.3, -0.25) is 14.5 Å². The predicted octanol–water partition coefficient (Wildman–Crippen LogP) is 5.32. The number of hydrogen-bond acceptors (Lipinski definition) is 6. The second-order valence-corrected chi connectivity index (χ2v) is 10.5. The molecular formula is C31H28BrFN6O2. The van der Waals surface area contributed by atoms with Crippen molar-refractivity contribution >= 4 is 45.5 Å². The lowest BCUT2D eigenvalue weighted by molar-refractivity contribution is 0.0956. The Morgan fingerprint density at radius 1 is 0.927 bits per heavy atom. The zero-order valence-corrected chi connectivity index (χ0v) is 23.7. The van der Waals surface area contributed by atoms with Gasteiger partial charge in [-0.05, 0) is 65.7 Å². The maximum Gasteiger partial charge on any atom is 0.273 e. The SMILES string of the molecule is O=C(Nc1ccc(Br)cc1C(=O)NN=Cc1ccc(F)cc1)c1ccc(CN2CCN(c3ccccn3)CC2)cc1. The molecule has 4 aromatic rings. The molecule has 1 saturated heterocycles. The van der Waals surface area contributed by atoms with Gasteiger partial charge in [0.25, 0.3) is 11.8 Å². The molecule has 0 unspecified atom stereocenters. The zero-order valence-electron chi connectivity index (χ0n) is 22.1. The number of amides is 2. The van der Waals surface area contributed by atoms with E-state index in [1.807, 2.05) is 36.5 Å². The molecule has 2 N–H and O–H groups in total. The molecule has 0 spiro atoms. The number of rotatable bonds is 8. The monoisotopic (exact) mass is 614 g/mol. The molecule has 0 aliphatic carbocycles. The van der Waals surface area contributed by atoms with E-state index in [9.17, 15) is 14.0 Å². The number of hydrazone groups is 1. The van der Waals surface area contributed by atoms with Gasteiger partial charge in [0.2, 0.25) is 0 Å². The second-order valence-electron chi connectivity index (χ2n) is 9.54. The molecule has 10 heteroatoms. The third kappa shape index (κ3) is 7.62. The van der Waals surface area contributed by atoms with Gasteiger partial charge >= 0.3 is 0 Å². The summed E-state index contributed by atoms with van der Waals surface area (Å²) in [4.78, 5) is 35.0. The third-order valence-electron chi connectivity index (χ3n) is 6.69. The fourth-order valence-electron chi connectivity index (χ4n) is 4.48. The van der Waals surface area contributed by atoms with Gasteiger partial charge < -0.3 is 10.2 Å². The lowest BCUT2D eigenvalue weighted by Gasteiger charge is -2.35. The van der Waals surface area contributed by atoms with E-state index in [1.165, 1.54) is 18.3 Å². The number of piperazine rings is 1. The lowest BCUT2D eigenvalue weighted by Crippen LogP contribution is -2.46. The first-order valence-corrected chi connectivity index (χ1v) is 13.9. The first-order chi connectivity index (χ1) is 19.9. The summed E-state index contributed by atoms with van der Waals surface area (Å²) >= 11 is 3.37. The number of hydrogen-bond donors (Lipinski definition) is 2. The Labute approximate surface area is 246 Å². The molecule has 2 amide bonds. The van der Waals surface area contributed by atoms with Gasteiger partial charge in [-0.1, -0.05) is 46.3 Å². The first-order valence-electron chi connectivity index (χ1n) is 13.1. The molecule has 0 bridgehead atoms. The standard InChI is InChI=1S/C31H28BrFN6O2/c32-25-10-13-28(27(19-25)31(41)37-35-20-22-6-11-26(33)12-7-22)36-30(40)24-8-4-23(5-9-24)21-38-15-17-39(18-16-38)29-3-1-2-14-34-29/h1-14,19-20H,15-18,21H2,(H,36,40)(H,37,41). The van der Waals surface area contributed by atoms with Gasteiger partial charge in [-0.25, -0.2) is 14.8 Å². The van der Waals surface area contributed by atoms with Crippen LogP contribution < -0.4 is 15.6 Å². The van der Waals surface area contributed by atoms with E-state index in [-0.39, 0.29) is 17.3 Å². The van der Waals surface area contributed by atoms with Crippen molar-refractivity contribution in [3.63, 3.8) is 0 Å². The summed E-state index contributed by atoms with van der Waals surface area (Å²) in [6, 6.07) is 24.2. The summed E-state index contributed by atoms with van der Waals surface area (Å²) in [6.45, 7) is 4.49. The Kier molecular flexibility index (Phi) is 9.12. The average molecular weight is 616 g/mol. The van der Waals surface area contributed by atoms with Crippen molar-refractivity contribution in [2.75, 3.05) is 36.4 Å². The van der Waals surface area contributed by atoms with Crippen LogP contribution in [0.15, 0.2) is 101 Å². The molecule has 208 valence electrons. The third-order valence-corrected chi connectivity index (χ3v) is 7.19. The van der Waals surface area contributed by atoms with Crippen molar-refractivity contribution in [3.05, 3.63) is 124 Å². The minimum Gasteiger partial charge on any atom is -0.354 e. The highest BCUT2D eigenvalue weighted by molar-refractivity contribution is 9.10. The van der Waals surface area contributed by atoms with Crippen LogP contribution in [0.25, 0.3) is 0 Å². The smallest absolute Gasteiger partial charge is 0.273 e. The van der Waals surface area contributed by atoms with E-state index in [2.05, 4.69) is 46.6 Å². The van der Waals surface area contributed by atoms with Gasteiger partial charge in [-0.15, -0.1) is 0 Å². The number of pyridine rings is 1. The molecule has 2 heterocycles. The largest absolute Gasteiger partial charge is 0.354 e. The van der Waals surface area contributed by atoms with Gasteiger partial charge in [0.05, 0.1) is 17.5 Å². The summed E-state index contributed by atoms with van der Waals surface area (Å²) in [5, 5.41) is 6.78. The van der Waals surface area contributed by atoms with Crippen LogP contribution in [0.1, 0.15) is 31.8 Å². The molecule has 0 saturated carbocycles. The average Bonchev–Trinajstić information content (AvgIpc) is 3.00. The number of nitrogens with one attached hydrogen (secondary N) is 2. The van der Waals surface area contributed by atoms with Crippen molar-refractivity contribution in [3.8, 4) is 0 Å². The van der Waals surface area contributed by atoms with Crippen molar-refractivity contribution in [2.45, 2.75) is 6.54 Å². The maximum absolute atomic E-state index is 13.1. The molecule has 1 fully saturated rings. The molecule has 41 heavy (non-hydrogen) atoms. The van der Waals surface area contributed by atoms with Crippen LogP contribution in [0.5, 0.6) is 0 Å². The summed E-state index contributed by atoms with van der Waals surface area (Å²) in [7, 11) is 0. The molecular weight excluding hydrogens is 587 g/mol. The van der Waals surface area contributed by atoms with Crippen LogP contribution in [0.4, 0.5) is 15.9 Å². The molecule has 0 radical (unpaired) electrons. The second kappa shape index (κ2) is 13.3. The number of benzene rings is 3. The fourth-order valence-corrected chi connectivity index (χ4v) is 4.84. The number of nitrogens with zero attached hydrogens (tertiary/aromatic N) is 4. The first kappa shape index (κ1) is 28.1. The van der Waals surface area contributed by atoms with E-state index < -0.39 is 5.91 Å². The van der Waals surface area contributed by atoms with E-state index in [4.69, 9.17) is 0 Å². The Bertz CT molecular complexity index is 1520. The van der Waals surface area contributed by atoms with Crippen LogP contribution in [0.3, 0.4) is 0 Å². The summed E-state index contributed by atoms with van der Waals surface area (Å²) in [5.41, 5.74) is 5.28. The maximum atomic E-state index is 13.1. The van der Waals surface area contributed by atoms with E-state index in [1.54, 1.807) is 42.5 Å². The van der Waals surface area contributed by atoms with Gasteiger partial charge in [0.1, 0.15) is 11.6 Å². The molecule has 0 atom stereocenters. The molecule has 5 rings (SSSR count). The van der Waals surface area contributed by atoms with Crippen LogP contribution in [-0.4, -0.2) is 54.1 Å². The van der Waals surface area contributed by atoms with Crippen LogP contribution >= 0.6 is 15.9 Å². The Hall–Kier alpha value is -4.41. The Morgan fingerprint density at radius 2 is 1.68 bits per heavy atom. The number of carbonyl (C=O) groups is 2. The van der Waals surface area contributed by atoms with Crippen LogP contribution in [0, 0.1) is 5.82 Å². The van der Waals surface area contributed by atoms with Gasteiger partial charge in [0.15, 0.2) is 0 Å². The highest BCUT2D eigenvalue weighted by atomic mass is 79.9. The number of halogens is 2. The Balaban J connectivity index is 1.17. The van der Waals surface area contributed by atoms with Crippen LogP contribution in [0.2, 0.25) is 0 Å². The van der Waals surface area contributed by atoms with Gasteiger partial charge in [-0.2, -0.15) is 5.10 Å². The normalized spacial score (nSPS) is 13.8. The summed E-state index contributed by atoms with van der Waals surface area (Å²) in [5.74, 6) is -0.178. The van der Waals surface area contributed by atoms with Crippen molar-refractivity contribution in [1.82, 2.24) is 15.3 Å². The number of carbonyl (C=O) groups excluding carboxylic acids is 2. The van der Waals surface area contributed by atoms with Crippen molar-refractivity contribution < 1.29 is 14.0 Å². The number of aromatic nitrogens is 1. The highest BCUT2D eigenvalue weighted by Gasteiger charge is 2.19. The van der Waals surface area contributed by atoms with Gasteiger partial charge in [0, 0.05) is 49.0 Å². The molecule has 1 aliphatic heterocycles. The minimum absolute atomic E-state index is 0.241. The predicted molar refractivity (Wildman–Crippen MR) is 162 cm³/mol. The van der Waals surface area contributed by atoms with E-state index >= 15 is 0 Å². The molecule has 8 nitrogen and oxygen atoms in total. The molecule has 3 aromatic carbocycles.